The average Bonchev–Trinajstić information content (AvgIpc) is 3.60. The van der Waals surface area contributed by atoms with Crippen molar-refractivity contribution in [2.45, 2.75) is 57.9 Å². The van der Waals surface area contributed by atoms with Crippen LogP contribution in [0.3, 0.4) is 0 Å². The van der Waals surface area contributed by atoms with E-state index in [0.717, 1.165) is 45.2 Å². The van der Waals surface area contributed by atoms with E-state index in [2.05, 4.69) is 34.3 Å². The van der Waals surface area contributed by atoms with E-state index in [-0.39, 0.29) is 23.9 Å². The van der Waals surface area contributed by atoms with Crippen molar-refractivity contribution in [1.29, 1.82) is 0 Å². The Labute approximate surface area is 186 Å². The van der Waals surface area contributed by atoms with Gasteiger partial charge in [0.25, 0.3) is 6.43 Å². The summed E-state index contributed by atoms with van der Waals surface area (Å²) in [4.78, 5) is 19.6. The molecule has 3 aromatic rings. The lowest BCUT2D eigenvalue weighted by Crippen LogP contribution is -2.40. The number of aryl methyl sites for hydroxylation is 1. The van der Waals surface area contributed by atoms with Crippen LogP contribution < -0.4 is 0 Å². The lowest BCUT2D eigenvalue weighted by atomic mass is 9.90. The summed E-state index contributed by atoms with van der Waals surface area (Å²) in [6.45, 7) is 3.19. The Kier molecular flexibility index (Phi) is 5.66. The molecule has 5 nitrogen and oxygen atoms in total. The number of benzene rings is 1. The van der Waals surface area contributed by atoms with E-state index in [1.807, 2.05) is 11.0 Å². The number of halogens is 2. The normalized spacial score (nSPS) is 17.4. The van der Waals surface area contributed by atoms with Gasteiger partial charge in [-0.05, 0) is 56.6 Å². The third-order valence-electron chi connectivity index (χ3n) is 6.78. The first-order valence-corrected chi connectivity index (χ1v) is 11.5. The van der Waals surface area contributed by atoms with Gasteiger partial charge in [-0.2, -0.15) is 5.10 Å². The topological polar surface area (TPSA) is 51.0 Å². The summed E-state index contributed by atoms with van der Waals surface area (Å²) in [5.41, 5.74) is 2.93. The van der Waals surface area contributed by atoms with Crippen LogP contribution in [0.15, 0.2) is 36.4 Å². The number of rotatable bonds is 6. The fourth-order valence-electron chi connectivity index (χ4n) is 4.84. The van der Waals surface area contributed by atoms with Crippen LogP contribution in [0.4, 0.5) is 8.78 Å². The SMILES string of the molecule is Cc1nn(CC(=O)N2CCC(Cc3ccccc3)CC2)c2nc(C3CC3)cc(C(F)F)c12. The van der Waals surface area contributed by atoms with Gasteiger partial charge >= 0.3 is 0 Å². The number of hydrogen-bond acceptors (Lipinski definition) is 3. The van der Waals surface area contributed by atoms with Crippen molar-refractivity contribution in [2.24, 2.45) is 5.92 Å². The number of alkyl halides is 2. The third kappa shape index (κ3) is 4.25. The van der Waals surface area contributed by atoms with Gasteiger partial charge in [-0.15, -0.1) is 0 Å². The number of carbonyl (C=O) groups is 1. The largest absolute Gasteiger partial charge is 0.341 e. The molecule has 1 aromatic carbocycles. The minimum atomic E-state index is -2.59. The molecule has 0 atom stereocenters. The van der Waals surface area contributed by atoms with E-state index in [4.69, 9.17) is 0 Å². The van der Waals surface area contributed by atoms with Crippen molar-refractivity contribution in [3.63, 3.8) is 0 Å². The van der Waals surface area contributed by atoms with Crippen LogP contribution in [0.2, 0.25) is 0 Å². The molecule has 2 aromatic heterocycles. The number of nitrogens with zero attached hydrogens (tertiary/aromatic N) is 4. The molecule has 1 saturated heterocycles. The molecule has 0 radical (unpaired) electrons. The van der Waals surface area contributed by atoms with E-state index in [0.29, 0.717) is 28.3 Å². The van der Waals surface area contributed by atoms with E-state index < -0.39 is 6.43 Å². The Morgan fingerprint density at radius 3 is 2.50 bits per heavy atom. The number of pyridine rings is 1. The predicted octanol–water partition coefficient (Wildman–Crippen LogP) is 5.04. The third-order valence-corrected chi connectivity index (χ3v) is 6.78. The highest BCUT2D eigenvalue weighted by atomic mass is 19.3. The molecular weight excluding hydrogens is 410 g/mol. The first-order valence-electron chi connectivity index (χ1n) is 11.5. The van der Waals surface area contributed by atoms with Crippen LogP contribution in [0, 0.1) is 12.8 Å². The Bertz CT molecular complexity index is 1120. The Hall–Kier alpha value is -2.83. The number of aromatic nitrogens is 3. The Balaban J connectivity index is 1.30. The first-order chi connectivity index (χ1) is 15.5. The van der Waals surface area contributed by atoms with Crippen molar-refractivity contribution in [3.05, 3.63) is 58.9 Å². The average molecular weight is 439 g/mol. The van der Waals surface area contributed by atoms with E-state index >= 15 is 0 Å². The van der Waals surface area contributed by atoms with Crippen LogP contribution >= 0.6 is 0 Å². The van der Waals surface area contributed by atoms with Crippen molar-refractivity contribution in [1.82, 2.24) is 19.7 Å². The zero-order valence-corrected chi connectivity index (χ0v) is 18.3. The van der Waals surface area contributed by atoms with E-state index in [1.165, 1.54) is 16.3 Å². The minimum absolute atomic E-state index is 0.0187. The summed E-state index contributed by atoms with van der Waals surface area (Å²) in [6, 6.07) is 12.0. The van der Waals surface area contributed by atoms with Gasteiger partial charge < -0.3 is 4.90 Å². The second kappa shape index (κ2) is 8.60. The predicted molar refractivity (Wildman–Crippen MR) is 119 cm³/mol. The highest BCUT2D eigenvalue weighted by Crippen LogP contribution is 2.42. The highest BCUT2D eigenvalue weighted by molar-refractivity contribution is 5.85. The summed E-state index contributed by atoms with van der Waals surface area (Å²) in [7, 11) is 0. The molecule has 3 heterocycles. The number of piperidine rings is 1. The summed E-state index contributed by atoms with van der Waals surface area (Å²) in [5, 5.41) is 4.82. The van der Waals surface area contributed by atoms with Gasteiger partial charge in [0.15, 0.2) is 5.65 Å². The molecule has 2 fully saturated rings. The molecular formula is C25H28F2N4O. The summed E-state index contributed by atoms with van der Waals surface area (Å²) in [5.74, 6) is 0.801. The summed E-state index contributed by atoms with van der Waals surface area (Å²) < 4.78 is 29.0. The van der Waals surface area contributed by atoms with Crippen LogP contribution in [0.25, 0.3) is 11.0 Å². The number of likely N-dealkylation sites (tertiary alicyclic amines) is 1. The van der Waals surface area contributed by atoms with Crippen LogP contribution in [0.5, 0.6) is 0 Å². The Morgan fingerprint density at radius 1 is 1.12 bits per heavy atom. The zero-order valence-electron chi connectivity index (χ0n) is 18.3. The molecule has 32 heavy (non-hydrogen) atoms. The molecule has 168 valence electrons. The first kappa shape index (κ1) is 21.0. The monoisotopic (exact) mass is 438 g/mol. The lowest BCUT2D eigenvalue weighted by molar-refractivity contribution is -0.133. The van der Waals surface area contributed by atoms with E-state index in [9.17, 15) is 13.6 Å². The van der Waals surface area contributed by atoms with Gasteiger partial charge in [0.05, 0.1) is 11.1 Å². The molecule has 1 amide bonds. The van der Waals surface area contributed by atoms with Gasteiger partial charge in [-0.1, -0.05) is 30.3 Å². The molecule has 2 aliphatic rings. The maximum Gasteiger partial charge on any atom is 0.264 e. The second-order valence-corrected chi connectivity index (χ2v) is 9.17. The van der Waals surface area contributed by atoms with Gasteiger partial charge in [0, 0.05) is 30.3 Å². The lowest BCUT2D eigenvalue weighted by Gasteiger charge is -2.32. The number of amides is 1. The van der Waals surface area contributed by atoms with Crippen LogP contribution in [0.1, 0.15) is 60.5 Å². The van der Waals surface area contributed by atoms with Crippen molar-refractivity contribution >= 4 is 16.9 Å². The van der Waals surface area contributed by atoms with Crippen LogP contribution in [-0.2, 0) is 17.8 Å². The van der Waals surface area contributed by atoms with Gasteiger partial charge in [0.1, 0.15) is 6.54 Å². The van der Waals surface area contributed by atoms with Crippen molar-refractivity contribution in [3.8, 4) is 0 Å². The molecule has 0 bridgehead atoms. The van der Waals surface area contributed by atoms with Crippen molar-refractivity contribution < 1.29 is 13.6 Å². The number of carbonyl (C=O) groups excluding carboxylic acids is 1. The molecule has 7 heteroatoms. The summed E-state index contributed by atoms with van der Waals surface area (Å²) >= 11 is 0. The second-order valence-electron chi connectivity index (χ2n) is 9.17. The van der Waals surface area contributed by atoms with Gasteiger partial charge in [-0.3, -0.25) is 4.79 Å². The number of hydrogen-bond donors (Lipinski definition) is 0. The highest BCUT2D eigenvalue weighted by Gasteiger charge is 2.30. The molecule has 0 unspecified atom stereocenters. The standard InChI is InChI=1S/C25H28F2N4O/c1-16-23-20(24(26)27)14-21(19-7-8-19)28-25(23)31(29-16)15-22(32)30-11-9-18(10-12-30)13-17-5-3-2-4-6-17/h2-6,14,18-19,24H,7-13,15H2,1H3. The van der Waals surface area contributed by atoms with Gasteiger partial charge in [-0.25, -0.2) is 18.4 Å². The summed E-state index contributed by atoms with van der Waals surface area (Å²) in [6.07, 6.45) is 2.35. The quantitative estimate of drug-likeness (QED) is 0.542. The fourth-order valence-corrected chi connectivity index (χ4v) is 4.84. The number of fused-ring (bicyclic) bond motifs is 1. The van der Waals surface area contributed by atoms with Crippen LogP contribution in [-0.4, -0.2) is 38.7 Å². The molecule has 5 rings (SSSR count). The minimum Gasteiger partial charge on any atom is -0.341 e. The molecule has 0 spiro atoms. The molecule has 1 saturated carbocycles. The maximum atomic E-state index is 13.8. The van der Waals surface area contributed by atoms with Gasteiger partial charge in [0.2, 0.25) is 5.91 Å². The molecule has 1 aliphatic carbocycles. The van der Waals surface area contributed by atoms with E-state index in [1.54, 1.807) is 6.92 Å². The fraction of sp³-hybridized carbons (Fsp3) is 0.480. The van der Waals surface area contributed by atoms with Crippen molar-refractivity contribution in [2.75, 3.05) is 13.1 Å². The Morgan fingerprint density at radius 2 is 1.84 bits per heavy atom. The smallest absolute Gasteiger partial charge is 0.264 e. The zero-order chi connectivity index (χ0) is 22.2. The molecule has 1 aliphatic heterocycles. The molecule has 0 N–H and O–H groups in total. The maximum absolute atomic E-state index is 13.8.